The molecule has 88 valence electrons. The average Bonchev–Trinajstić information content (AvgIpc) is 2.31. The molecule has 2 unspecified atom stereocenters. The Labute approximate surface area is 94.7 Å². The number of aliphatic hydroxyl groups is 1. The quantitative estimate of drug-likeness (QED) is 0.415. The van der Waals surface area contributed by atoms with Crippen LogP contribution >= 0.6 is 0 Å². The molecular weight excluding hydrogens is 214 g/mol. The van der Waals surface area contributed by atoms with E-state index in [1.54, 1.807) is 0 Å². The van der Waals surface area contributed by atoms with Gasteiger partial charge in [0.05, 0.1) is 9.85 Å². The molecule has 16 heavy (non-hydrogen) atoms. The number of carbonyl (C=O) groups is 1. The predicted octanol–water partition coefficient (Wildman–Crippen LogP) is -0.369. The maximum Gasteiger partial charge on any atom is 0.325 e. The molecular formula is C10H13NO5. The Balaban J connectivity index is 3.27. The van der Waals surface area contributed by atoms with Gasteiger partial charge in [0, 0.05) is 0 Å². The number of hydrogen-bond acceptors (Lipinski definition) is 6. The van der Waals surface area contributed by atoms with Crippen LogP contribution < -0.4 is 5.73 Å². The fraction of sp³-hybridized carbons (Fsp3) is 0.300. The van der Waals surface area contributed by atoms with Crippen LogP contribution in [0.4, 0.5) is 0 Å². The molecule has 0 saturated heterocycles. The van der Waals surface area contributed by atoms with E-state index in [9.17, 15) is 15.0 Å². The number of methoxy groups -OCH3 is 1. The highest BCUT2D eigenvalue weighted by Crippen LogP contribution is 2.28. The van der Waals surface area contributed by atoms with Gasteiger partial charge < -0.3 is 25.8 Å². The number of hydrogen-bond donors (Lipinski definition) is 4. The number of rotatable bonds is 3. The third-order valence-electron chi connectivity index (χ3n) is 1.91. The average molecular weight is 229 g/mol. The van der Waals surface area contributed by atoms with Gasteiger partial charge in [0.1, 0.15) is 12.1 Å². The Hall–Kier alpha value is -1.79. The molecule has 5 N–H and O–H groups in total. The summed E-state index contributed by atoms with van der Waals surface area (Å²) in [5.74, 6) is -2.40. The zero-order valence-corrected chi connectivity index (χ0v) is 8.47. The van der Waals surface area contributed by atoms with Crippen molar-refractivity contribution in [3.8, 4) is 11.5 Å². The number of carbonyl (C=O) groups excluding carboxylic acids is 1. The summed E-state index contributed by atoms with van der Waals surface area (Å²) in [7, 11) is 0.961. The third kappa shape index (κ3) is 2.41. The summed E-state index contributed by atoms with van der Waals surface area (Å²) in [5, 5.41) is 28.3. The van der Waals surface area contributed by atoms with Crippen molar-refractivity contribution in [2.45, 2.75) is 12.1 Å². The van der Waals surface area contributed by atoms with Crippen LogP contribution in [-0.2, 0) is 9.53 Å². The highest BCUT2D eigenvalue weighted by molar-refractivity contribution is 5.76. The first-order valence-corrected chi connectivity index (χ1v) is 4.26. The standard InChI is InChI=1S/C10H13NO5/c1-16-10(15)8(11)9(14)5-2-3-6(12)7(13)4-5/h2-4,8-9,12-14H,11H2,1H3/i8D,9D. The van der Waals surface area contributed by atoms with Gasteiger partial charge in [0.25, 0.3) is 0 Å². The van der Waals surface area contributed by atoms with E-state index in [1.807, 2.05) is 0 Å². The molecule has 1 aromatic rings. The van der Waals surface area contributed by atoms with E-state index in [2.05, 4.69) is 4.74 Å². The summed E-state index contributed by atoms with van der Waals surface area (Å²) in [4.78, 5) is 11.3. The lowest BCUT2D eigenvalue weighted by Gasteiger charge is -2.17. The van der Waals surface area contributed by atoms with Gasteiger partial charge in [0.15, 0.2) is 11.5 Å². The molecule has 1 rings (SSSR count). The smallest absolute Gasteiger partial charge is 0.325 e. The number of aromatic hydroxyl groups is 2. The van der Waals surface area contributed by atoms with Crippen molar-refractivity contribution in [1.29, 1.82) is 0 Å². The molecule has 6 nitrogen and oxygen atoms in total. The molecule has 0 aliphatic rings. The lowest BCUT2D eigenvalue weighted by Crippen LogP contribution is -2.37. The van der Waals surface area contributed by atoms with Crippen molar-refractivity contribution in [3.05, 3.63) is 23.8 Å². The highest BCUT2D eigenvalue weighted by atomic mass is 16.5. The van der Waals surface area contributed by atoms with E-state index in [-0.39, 0.29) is 5.56 Å². The summed E-state index contributed by atoms with van der Waals surface area (Å²) in [6, 6.07) is 0.102. The number of nitrogens with two attached hydrogens (primary N) is 1. The Bertz CT molecular complexity index is 475. The van der Waals surface area contributed by atoms with E-state index in [1.165, 1.54) is 0 Å². The Morgan fingerprint density at radius 1 is 1.50 bits per heavy atom. The molecule has 6 heteroatoms. The molecule has 0 bridgehead atoms. The third-order valence-corrected chi connectivity index (χ3v) is 1.91. The van der Waals surface area contributed by atoms with Gasteiger partial charge >= 0.3 is 5.97 Å². The minimum atomic E-state index is -2.86. The fourth-order valence-corrected chi connectivity index (χ4v) is 1.03. The molecule has 0 amide bonds. The summed E-state index contributed by atoms with van der Waals surface area (Å²) < 4.78 is 19.4. The van der Waals surface area contributed by atoms with Gasteiger partial charge in [-0.3, -0.25) is 4.79 Å². The molecule has 0 radical (unpaired) electrons. The van der Waals surface area contributed by atoms with Gasteiger partial charge in [-0.2, -0.15) is 0 Å². The molecule has 0 fully saturated rings. The van der Waals surface area contributed by atoms with Crippen molar-refractivity contribution in [2.75, 3.05) is 7.11 Å². The van der Waals surface area contributed by atoms with Gasteiger partial charge in [-0.15, -0.1) is 0 Å². The monoisotopic (exact) mass is 229 g/mol. The highest BCUT2D eigenvalue weighted by Gasteiger charge is 2.25. The number of benzene rings is 1. The van der Waals surface area contributed by atoms with Crippen LogP contribution in [0.5, 0.6) is 11.5 Å². The van der Waals surface area contributed by atoms with Gasteiger partial charge in [-0.25, -0.2) is 0 Å². The van der Waals surface area contributed by atoms with Crippen LogP contribution in [0.15, 0.2) is 18.2 Å². The normalized spacial score (nSPS) is 19.9. The topological polar surface area (TPSA) is 113 Å². The van der Waals surface area contributed by atoms with Crippen LogP contribution in [0.1, 0.15) is 14.4 Å². The minimum absolute atomic E-state index is 0.333. The van der Waals surface area contributed by atoms with E-state index in [0.29, 0.717) is 0 Å². The van der Waals surface area contributed by atoms with Crippen LogP contribution in [-0.4, -0.2) is 34.4 Å². The van der Waals surface area contributed by atoms with Gasteiger partial charge in [-0.05, 0) is 17.7 Å². The number of esters is 1. The van der Waals surface area contributed by atoms with Crippen LogP contribution in [0.25, 0.3) is 0 Å². The second-order valence-corrected chi connectivity index (χ2v) is 2.96. The van der Waals surface area contributed by atoms with Crippen molar-refractivity contribution < 1.29 is 27.6 Å². The summed E-state index contributed by atoms with van der Waals surface area (Å²) in [5.41, 5.74) is 4.95. The Morgan fingerprint density at radius 2 is 2.12 bits per heavy atom. The lowest BCUT2D eigenvalue weighted by atomic mass is 10.0. The van der Waals surface area contributed by atoms with Crippen molar-refractivity contribution in [3.63, 3.8) is 0 Å². The van der Waals surface area contributed by atoms with E-state index >= 15 is 0 Å². The van der Waals surface area contributed by atoms with Crippen LogP contribution in [0.3, 0.4) is 0 Å². The largest absolute Gasteiger partial charge is 0.504 e. The lowest BCUT2D eigenvalue weighted by molar-refractivity contribution is -0.145. The van der Waals surface area contributed by atoms with Gasteiger partial charge in [0.2, 0.25) is 0 Å². The molecule has 1 aromatic carbocycles. The molecule has 0 heterocycles. The van der Waals surface area contributed by atoms with Crippen molar-refractivity contribution in [1.82, 2.24) is 0 Å². The molecule has 0 saturated carbocycles. The minimum Gasteiger partial charge on any atom is -0.504 e. The first-order chi connectivity index (χ1) is 8.14. The van der Waals surface area contributed by atoms with E-state index in [0.717, 1.165) is 25.3 Å². The second-order valence-electron chi connectivity index (χ2n) is 2.96. The summed E-state index contributed by atoms with van der Waals surface area (Å²) in [6.45, 7) is 0. The maximum atomic E-state index is 11.3. The molecule has 0 aromatic heterocycles. The van der Waals surface area contributed by atoms with E-state index in [4.69, 9.17) is 13.6 Å². The predicted molar refractivity (Wildman–Crippen MR) is 54.7 cm³/mol. The Morgan fingerprint density at radius 3 is 2.62 bits per heavy atom. The fourth-order valence-electron chi connectivity index (χ4n) is 1.03. The number of ether oxygens (including phenoxy) is 1. The first kappa shape index (κ1) is 9.44. The zero-order valence-electron chi connectivity index (χ0n) is 10.5. The SMILES string of the molecule is [2H]C(N)(C(=O)OC)C([2H])(O)c1ccc(O)c(O)c1. The molecule has 2 atom stereocenters. The van der Waals surface area contributed by atoms with Gasteiger partial charge in [-0.1, -0.05) is 6.07 Å². The molecule has 0 spiro atoms. The maximum absolute atomic E-state index is 11.3. The number of phenols is 2. The second kappa shape index (κ2) is 4.82. The number of phenolic OH excluding ortho intramolecular Hbond substituents is 2. The molecule has 0 aliphatic heterocycles. The van der Waals surface area contributed by atoms with E-state index < -0.39 is 29.6 Å². The van der Waals surface area contributed by atoms with Crippen molar-refractivity contribution >= 4 is 5.97 Å². The summed E-state index contributed by atoms with van der Waals surface area (Å²) >= 11 is 0. The van der Waals surface area contributed by atoms with Crippen molar-refractivity contribution in [2.24, 2.45) is 5.73 Å². The zero-order chi connectivity index (χ0) is 14.1. The Kier molecular flexibility index (Phi) is 2.84. The molecule has 0 aliphatic carbocycles. The first-order valence-electron chi connectivity index (χ1n) is 5.26. The summed E-state index contributed by atoms with van der Waals surface area (Å²) in [6.07, 6.45) is -2.86. The van der Waals surface area contributed by atoms with Crippen LogP contribution in [0.2, 0.25) is 0 Å². The van der Waals surface area contributed by atoms with Crippen LogP contribution in [0, 0.1) is 0 Å².